The number of amides is 2. The van der Waals surface area contributed by atoms with Gasteiger partial charge in [-0.1, -0.05) is 37.3 Å². The van der Waals surface area contributed by atoms with E-state index in [1.54, 1.807) is 41.1 Å². The Morgan fingerprint density at radius 1 is 1.17 bits per heavy atom. The van der Waals surface area contributed by atoms with Gasteiger partial charge in [0.2, 0.25) is 11.8 Å². The summed E-state index contributed by atoms with van der Waals surface area (Å²) in [6.45, 7) is 4.32. The van der Waals surface area contributed by atoms with Crippen LogP contribution in [0.15, 0.2) is 53.4 Å². The fourth-order valence-electron chi connectivity index (χ4n) is 3.87. The topological polar surface area (TPSA) is 74.8 Å². The molecule has 1 fully saturated rings. The molecule has 0 spiro atoms. The number of hydrogen-bond donors (Lipinski definition) is 0. The van der Waals surface area contributed by atoms with Gasteiger partial charge in [0.25, 0.3) is 0 Å². The zero-order chi connectivity index (χ0) is 22.1. The van der Waals surface area contributed by atoms with E-state index in [1.807, 2.05) is 38.1 Å². The highest BCUT2D eigenvalue weighted by Crippen LogP contribution is 2.31. The number of carbonyl (C=O) groups is 2. The normalized spacial score (nSPS) is 17.8. The van der Waals surface area contributed by atoms with E-state index in [9.17, 15) is 18.0 Å². The van der Waals surface area contributed by atoms with Gasteiger partial charge in [0.1, 0.15) is 0 Å². The van der Waals surface area contributed by atoms with Crippen molar-refractivity contribution in [1.29, 1.82) is 0 Å². The number of sulfone groups is 1. The predicted octanol–water partition coefficient (Wildman–Crippen LogP) is 3.23. The van der Waals surface area contributed by atoms with E-state index in [0.717, 1.165) is 23.2 Å². The summed E-state index contributed by atoms with van der Waals surface area (Å²) < 4.78 is 23.3. The van der Waals surface area contributed by atoms with Gasteiger partial charge in [-0.15, -0.1) is 0 Å². The molecule has 0 aliphatic carbocycles. The monoisotopic (exact) mass is 428 g/mol. The van der Waals surface area contributed by atoms with Crippen molar-refractivity contribution in [2.24, 2.45) is 5.92 Å². The first-order chi connectivity index (χ1) is 14.1. The van der Waals surface area contributed by atoms with Crippen molar-refractivity contribution in [3.63, 3.8) is 0 Å². The second-order valence-corrected chi connectivity index (χ2v) is 9.87. The average Bonchev–Trinajstić information content (AvgIpc) is 3.12. The maximum absolute atomic E-state index is 13.1. The number of nitrogens with zero attached hydrogens (tertiary/aromatic N) is 2. The Morgan fingerprint density at radius 2 is 1.80 bits per heavy atom. The third-order valence-electron chi connectivity index (χ3n) is 5.86. The molecule has 2 aromatic carbocycles. The van der Waals surface area contributed by atoms with Crippen molar-refractivity contribution in [3.05, 3.63) is 59.7 Å². The molecule has 160 valence electrons. The number of benzene rings is 2. The summed E-state index contributed by atoms with van der Waals surface area (Å²) in [5.74, 6) is -0.516. The van der Waals surface area contributed by atoms with Gasteiger partial charge in [-0.05, 0) is 42.7 Å². The summed E-state index contributed by atoms with van der Waals surface area (Å²) in [7, 11) is -1.54. The quantitative estimate of drug-likeness (QED) is 0.708. The molecule has 0 radical (unpaired) electrons. The Morgan fingerprint density at radius 3 is 2.40 bits per heavy atom. The number of rotatable bonds is 6. The van der Waals surface area contributed by atoms with Crippen molar-refractivity contribution < 1.29 is 18.0 Å². The van der Waals surface area contributed by atoms with Crippen molar-refractivity contribution in [2.45, 2.75) is 37.6 Å². The Kier molecular flexibility index (Phi) is 6.31. The van der Waals surface area contributed by atoms with Crippen LogP contribution < -0.4 is 4.90 Å². The molecule has 0 saturated carbocycles. The van der Waals surface area contributed by atoms with Gasteiger partial charge >= 0.3 is 0 Å². The van der Waals surface area contributed by atoms with Crippen LogP contribution >= 0.6 is 0 Å². The minimum Gasteiger partial charge on any atom is -0.339 e. The lowest BCUT2D eigenvalue weighted by Crippen LogP contribution is -2.36. The molecule has 0 N–H and O–H groups in total. The lowest BCUT2D eigenvalue weighted by Gasteiger charge is -2.28. The fourth-order valence-corrected chi connectivity index (χ4v) is 4.51. The minimum atomic E-state index is -3.26. The van der Waals surface area contributed by atoms with Crippen molar-refractivity contribution in [1.82, 2.24) is 4.90 Å². The number of hydrogen-bond acceptors (Lipinski definition) is 4. The van der Waals surface area contributed by atoms with Gasteiger partial charge in [0, 0.05) is 32.0 Å². The lowest BCUT2D eigenvalue weighted by atomic mass is 10.0. The molecule has 1 heterocycles. The van der Waals surface area contributed by atoms with Crippen molar-refractivity contribution in [3.8, 4) is 0 Å². The molecule has 2 atom stereocenters. The summed E-state index contributed by atoms with van der Waals surface area (Å²) >= 11 is 0. The molecule has 6 nitrogen and oxygen atoms in total. The molecular weight excluding hydrogens is 400 g/mol. The average molecular weight is 429 g/mol. The molecule has 1 saturated heterocycles. The van der Waals surface area contributed by atoms with Gasteiger partial charge in [0.05, 0.1) is 16.9 Å². The van der Waals surface area contributed by atoms with Gasteiger partial charge in [-0.3, -0.25) is 9.59 Å². The van der Waals surface area contributed by atoms with E-state index in [4.69, 9.17) is 0 Å². The first-order valence-electron chi connectivity index (χ1n) is 10.1. The Balaban J connectivity index is 1.74. The second kappa shape index (κ2) is 8.60. The van der Waals surface area contributed by atoms with E-state index in [-0.39, 0.29) is 29.2 Å². The molecule has 0 aromatic heterocycles. The SMILES string of the molecule is CCc1ccccc1N1CC(C(=O)N(C)C(C)c2ccc(S(C)(=O)=O)cc2)CC1=O. The highest BCUT2D eigenvalue weighted by Gasteiger charge is 2.38. The van der Waals surface area contributed by atoms with Crippen LogP contribution in [0.5, 0.6) is 0 Å². The van der Waals surface area contributed by atoms with Crippen LogP contribution in [0.2, 0.25) is 0 Å². The number of para-hydroxylation sites is 1. The smallest absolute Gasteiger partial charge is 0.228 e. The van der Waals surface area contributed by atoms with Crippen LogP contribution in [0, 0.1) is 5.92 Å². The molecule has 1 aliphatic rings. The van der Waals surface area contributed by atoms with Gasteiger partial charge in [0.15, 0.2) is 9.84 Å². The predicted molar refractivity (Wildman–Crippen MR) is 117 cm³/mol. The summed E-state index contributed by atoms with van der Waals surface area (Å²) in [5, 5.41) is 0. The van der Waals surface area contributed by atoms with Crippen LogP contribution in [0.1, 0.15) is 37.4 Å². The molecule has 2 amide bonds. The highest BCUT2D eigenvalue weighted by atomic mass is 32.2. The molecule has 3 rings (SSSR count). The number of anilines is 1. The van der Waals surface area contributed by atoms with Gasteiger partial charge < -0.3 is 9.80 Å². The second-order valence-electron chi connectivity index (χ2n) is 7.85. The molecule has 2 aromatic rings. The van der Waals surface area contributed by atoms with Gasteiger partial charge in [-0.25, -0.2) is 8.42 Å². The Hall–Kier alpha value is -2.67. The largest absolute Gasteiger partial charge is 0.339 e. The Labute approximate surface area is 178 Å². The summed E-state index contributed by atoms with van der Waals surface area (Å²) in [5.41, 5.74) is 2.81. The van der Waals surface area contributed by atoms with Crippen LogP contribution in [0.3, 0.4) is 0 Å². The third-order valence-corrected chi connectivity index (χ3v) is 6.99. The maximum atomic E-state index is 13.1. The zero-order valence-electron chi connectivity index (χ0n) is 17.8. The maximum Gasteiger partial charge on any atom is 0.228 e. The molecule has 0 bridgehead atoms. The van der Waals surface area contributed by atoms with E-state index >= 15 is 0 Å². The van der Waals surface area contributed by atoms with Crippen LogP contribution in [0.4, 0.5) is 5.69 Å². The minimum absolute atomic E-state index is 0.0344. The van der Waals surface area contributed by atoms with Gasteiger partial charge in [-0.2, -0.15) is 0 Å². The summed E-state index contributed by atoms with van der Waals surface area (Å²) in [4.78, 5) is 29.4. The number of aryl methyl sites for hydroxylation is 1. The van der Waals surface area contributed by atoms with Crippen LogP contribution in [0.25, 0.3) is 0 Å². The first kappa shape index (κ1) is 22.0. The first-order valence-corrected chi connectivity index (χ1v) is 12.0. The standard InChI is InChI=1S/C23H28N2O4S/c1-5-17-8-6-7-9-21(17)25-15-19(14-22(25)26)23(27)24(3)16(2)18-10-12-20(13-11-18)30(4,28)29/h6-13,16,19H,5,14-15H2,1-4H3. The summed E-state index contributed by atoms with van der Waals surface area (Å²) in [6.07, 6.45) is 2.18. The molecular formula is C23H28N2O4S. The molecule has 7 heteroatoms. The Bertz CT molecular complexity index is 1050. The van der Waals surface area contributed by atoms with E-state index in [2.05, 4.69) is 0 Å². The van der Waals surface area contributed by atoms with Crippen LogP contribution in [-0.2, 0) is 25.8 Å². The summed E-state index contributed by atoms with van der Waals surface area (Å²) in [6, 6.07) is 14.1. The van der Waals surface area contributed by atoms with Crippen molar-refractivity contribution >= 4 is 27.3 Å². The number of carbonyl (C=O) groups excluding carboxylic acids is 2. The molecule has 2 unspecified atom stereocenters. The molecule has 30 heavy (non-hydrogen) atoms. The lowest BCUT2D eigenvalue weighted by molar-refractivity contribution is -0.136. The third kappa shape index (κ3) is 4.41. The van der Waals surface area contributed by atoms with Crippen LogP contribution in [-0.4, -0.2) is 45.0 Å². The highest BCUT2D eigenvalue weighted by molar-refractivity contribution is 7.90. The zero-order valence-corrected chi connectivity index (χ0v) is 18.6. The fraction of sp³-hybridized carbons (Fsp3) is 0.391. The van der Waals surface area contributed by atoms with E-state index < -0.39 is 15.8 Å². The van der Waals surface area contributed by atoms with E-state index in [1.165, 1.54) is 6.26 Å². The molecule has 1 aliphatic heterocycles. The van der Waals surface area contributed by atoms with E-state index in [0.29, 0.717) is 6.54 Å². The van der Waals surface area contributed by atoms with Crippen molar-refractivity contribution in [2.75, 3.05) is 24.7 Å².